The third kappa shape index (κ3) is 3.97. The SMILES string of the molecule is CCc1cc(=O)[nH]c(-c2cccc(NS(=O)(=O)c3cccc(F)c3)c2)n1. The second kappa shape index (κ2) is 7.09. The Morgan fingerprint density at radius 3 is 2.62 bits per heavy atom. The molecule has 0 aliphatic carbocycles. The Balaban J connectivity index is 1.95. The maximum Gasteiger partial charge on any atom is 0.261 e. The van der Waals surface area contributed by atoms with Crippen LogP contribution in [0.25, 0.3) is 11.4 Å². The van der Waals surface area contributed by atoms with Gasteiger partial charge in [0.15, 0.2) is 0 Å². The third-order valence-electron chi connectivity index (χ3n) is 3.65. The zero-order valence-corrected chi connectivity index (χ0v) is 14.7. The van der Waals surface area contributed by atoms with Crippen molar-refractivity contribution in [1.82, 2.24) is 9.97 Å². The van der Waals surface area contributed by atoms with E-state index in [1.54, 1.807) is 24.3 Å². The van der Waals surface area contributed by atoms with E-state index in [9.17, 15) is 17.6 Å². The van der Waals surface area contributed by atoms with Crippen LogP contribution in [0.15, 0.2) is 64.3 Å². The minimum absolute atomic E-state index is 0.178. The Morgan fingerprint density at radius 2 is 1.88 bits per heavy atom. The molecule has 1 aromatic heterocycles. The highest BCUT2D eigenvalue weighted by Gasteiger charge is 2.15. The maximum atomic E-state index is 13.3. The normalized spacial score (nSPS) is 11.3. The van der Waals surface area contributed by atoms with E-state index < -0.39 is 15.8 Å². The lowest BCUT2D eigenvalue weighted by atomic mass is 10.2. The zero-order chi connectivity index (χ0) is 18.7. The number of H-pyrrole nitrogens is 1. The summed E-state index contributed by atoms with van der Waals surface area (Å²) in [6.07, 6.45) is 0.600. The van der Waals surface area contributed by atoms with Crippen molar-refractivity contribution < 1.29 is 12.8 Å². The first-order valence-electron chi connectivity index (χ1n) is 7.86. The molecule has 0 unspecified atom stereocenters. The Bertz CT molecular complexity index is 1110. The van der Waals surface area contributed by atoms with Gasteiger partial charge >= 0.3 is 0 Å². The molecule has 134 valence electrons. The number of aryl methyl sites for hydroxylation is 1. The molecule has 3 rings (SSSR count). The second-order valence-electron chi connectivity index (χ2n) is 5.58. The predicted octanol–water partition coefficient (Wildman–Crippen LogP) is 2.94. The van der Waals surface area contributed by atoms with Gasteiger partial charge in [-0.15, -0.1) is 0 Å². The fourth-order valence-corrected chi connectivity index (χ4v) is 3.48. The summed E-state index contributed by atoms with van der Waals surface area (Å²) in [6, 6.07) is 12.6. The Hall–Kier alpha value is -3.00. The summed E-state index contributed by atoms with van der Waals surface area (Å²) in [5.41, 5.74) is 1.18. The first-order chi connectivity index (χ1) is 12.4. The van der Waals surface area contributed by atoms with E-state index in [0.29, 0.717) is 23.5 Å². The van der Waals surface area contributed by atoms with Crippen molar-refractivity contribution in [2.24, 2.45) is 0 Å². The zero-order valence-electron chi connectivity index (χ0n) is 13.9. The largest absolute Gasteiger partial charge is 0.307 e. The van der Waals surface area contributed by atoms with Crippen LogP contribution in [0.1, 0.15) is 12.6 Å². The standard InChI is InChI=1S/C18H16FN3O3S/c1-2-14-11-17(23)21-18(20-14)12-5-3-7-15(9-12)22-26(24,25)16-8-4-6-13(19)10-16/h3-11,22H,2H2,1H3,(H,20,21,23). The van der Waals surface area contributed by atoms with Crippen LogP contribution in [0.3, 0.4) is 0 Å². The highest BCUT2D eigenvalue weighted by atomic mass is 32.2. The molecule has 0 amide bonds. The molecule has 3 aromatic rings. The number of nitrogens with one attached hydrogen (secondary N) is 2. The number of halogens is 1. The van der Waals surface area contributed by atoms with Crippen LogP contribution in [0, 0.1) is 5.82 Å². The summed E-state index contributed by atoms with van der Waals surface area (Å²) in [5.74, 6) is -0.291. The molecule has 2 N–H and O–H groups in total. The van der Waals surface area contributed by atoms with Crippen molar-refractivity contribution in [1.29, 1.82) is 0 Å². The van der Waals surface area contributed by atoms with E-state index in [1.807, 2.05) is 6.92 Å². The molecular formula is C18H16FN3O3S. The fraction of sp³-hybridized carbons (Fsp3) is 0.111. The van der Waals surface area contributed by atoms with Gasteiger partial charge in [-0.25, -0.2) is 17.8 Å². The van der Waals surface area contributed by atoms with Crippen LogP contribution in [0.5, 0.6) is 0 Å². The molecule has 0 saturated heterocycles. The van der Waals surface area contributed by atoms with Crippen LogP contribution >= 0.6 is 0 Å². The average Bonchev–Trinajstić information content (AvgIpc) is 2.61. The van der Waals surface area contributed by atoms with Crippen molar-refractivity contribution >= 4 is 15.7 Å². The van der Waals surface area contributed by atoms with Gasteiger partial charge < -0.3 is 4.98 Å². The van der Waals surface area contributed by atoms with Crippen LogP contribution in [0.2, 0.25) is 0 Å². The van der Waals surface area contributed by atoms with Gasteiger partial charge in [0.25, 0.3) is 15.6 Å². The molecule has 2 aromatic carbocycles. The quantitative estimate of drug-likeness (QED) is 0.719. The molecule has 0 bridgehead atoms. The number of nitrogens with zero attached hydrogens (tertiary/aromatic N) is 1. The number of benzene rings is 2. The van der Waals surface area contributed by atoms with E-state index in [0.717, 1.165) is 6.07 Å². The lowest BCUT2D eigenvalue weighted by Crippen LogP contribution is -2.13. The van der Waals surface area contributed by atoms with Gasteiger partial charge in [0.2, 0.25) is 0 Å². The number of aromatic amines is 1. The number of anilines is 1. The van der Waals surface area contributed by atoms with E-state index in [-0.39, 0.29) is 16.1 Å². The molecule has 6 nitrogen and oxygen atoms in total. The van der Waals surface area contributed by atoms with Gasteiger partial charge in [0.05, 0.1) is 4.90 Å². The van der Waals surface area contributed by atoms with Crippen molar-refractivity contribution in [3.05, 3.63) is 76.5 Å². The topological polar surface area (TPSA) is 91.9 Å². The molecule has 0 aliphatic heterocycles. The molecular weight excluding hydrogens is 357 g/mol. The van der Waals surface area contributed by atoms with Gasteiger partial charge in [0, 0.05) is 23.0 Å². The minimum atomic E-state index is -3.94. The Kier molecular flexibility index (Phi) is 4.85. The number of hydrogen-bond donors (Lipinski definition) is 2. The fourth-order valence-electron chi connectivity index (χ4n) is 2.40. The van der Waals surface area contributed by atoms with Gasteiger partial charge in [0.1, 0.15) is 11.6 Å². The van der Waals surface area contributed by atoms with Gasteiger partial charge in [-0.05, 0) is 36.8 Å². The smallest absolute Gasteiger partial charge is 0.261 e. The summed E-state index contributed by atoms with van der Waals surface area (Å²) >= 11 is 0. The molecule has 0 aliphatic rings. The van der Waals surface area contributed by atoms with Gasteiger partial charge in [-0.1, -0.05) is 25.1 Å². The lowest BCUT2D eigenvalue weighted by molar-refractivity contribution is 0.595. The first kappa shape index (κ1) is 17.8. The highest BCUT2D eigenvalue weighted by molar-refractivity contribution is 7.92. The van der Waals surface area contributed by atoms with E-state index in [4.69, 9.17) is 0 Å². The highest BCUT2D eigenvalue weighted by Crippen LogP contribution is 2.22. The summed E-state index contributed by atoms with van der Waals surface area (Å²) < 4.78 is 40.5. The monoisotopic (exact) mass is 373 g/mol. The summed E-state index contributed by atoms with van der Waals surface area (Å²) in [7, 11) is -3.94. The van der Waals surface area contributed by atoms with Crippen LogP contribution in [-0.4, -0.2) is 18.4 Å². The summed E-state index contributed by atoms with van der Waals surface area (Å²) in [4.78, 5) is 18.5. The van der Waals surface area contributed by atoms with Crippen molar-refractivity contribution in [3.63, 3.8) is 0 Å². The van der Waals surface area contributed by atoms with Crippen molar-refractivity contribution in [2.75, 3.05) is 4.72 Å². The first-order valence-corrected chi connectivity index (χ1v) is 9.35. The number of hydrogen-bond acceptors (Lipinski definition) is 4. The number of sulfonamides is 1. The number of rotatable bonds is 5. The third-order valence-corrected chi connectivity index (χ3v) is 5.03. The summed E-state index contributed by atoms with van der Waals surface area (Å²) in [5, 5.41) is 0. The molecule has 26 heavy (non-hydrogen) atoms. The maximum absolute atomic E-state index is 13.3. The van der Waals surface area contributed by atoms with Gasteiger partial charge in [-0.3, -0.25) is 9.52 Å². The molecule has 0 radical (unpaired) electrons. The van der Waals surface area contributed by atoms with E-state index in [1.165, 1.54) is 24.3 Å². The van der Waals surface area contributed by atoms with Crippen LogP contribution in [0.4, 0.5) is 10.1 Å². The van der Waals surface area contributed by atoms with Crippen LogP contribution < -0.4 is 10.3 Å². The summed E-state index contributed by atoms with van der Waals surface area (Å²) in [6.45, 7) is 1.88. The van der Waals surface area contributed by atoms with E-state index in [2.05, 4.69) is 14.7 Å². The predicted molar refractivity (Wildman–Crippen MR) is 96.9 cm³/mol. The second-order valence-corrected chi connectivity index (χ2v) is 7.26. The Morgan fingerprint density at radius 1 is 1.12 bits per heavy atom. The average molecular weight is 373 g/mol. The molecule has 0 saturated carbocycles. The minimum Gasteiger partial charge on any atom is -0.307 e. The van der Waals surface area contributed by atoms with Crippen LogP contribution in [-0.2, 0) is 16.4 Å². The lowest BCUT2D eigenvalue weighted by Gasteiger charge is -2.10. The molecule has 8 heteroatoms. The number of aromatic nitrogens is 2. The Labute approximate surface area is 149 Å². The molecule has 0 fully saturated rings. The van der Waals surface area contributed by atoms with E-state index >= 15 is 0 Å². The molecule has 0 atom stereocenters. The molecule has 1 heterocycles. The molecule has 0 spiro atoms. The van der Waals surface area contributed by atoms with Gasteiger partial charge in [-0.2, -0.15) is 0 Å². The van der Waals surface area contributed by atoms with Crippen molar-refractivity contribution in [3.8, 4) is 11.4 Å². The van der Waals surface area contributed by atoms with Crippen molar-refractivity contribution in [2.45, 2.75) is 18.2 Å².